The van der Waals surface area contributed by atoms with Crippen LogP contribution < -0.4 is 0 Å². The summed E-state index contributed by atoms with van der Waals surface area (Å²) in [7, 11) is -1.08. The van der Waals surface area contributed by atoms with Gasteiger partial charge in [-0.3, -0.25) is 0 Å². The molecule has 0 unspecified atom stereocenters. The second kappa shape index (κ2) is 6.01. The van der Waals surface area contributed by atoms with E-state index in [1.165, 1.54) is 0 Å². The molecule has 0 atom stereocenters. The molecule has 0 bridgehead atoms. The number of carboxylic acids is 1. The maximum Gasteiger partial charge on any atom is 0.352 e. The zero-order chi connectivity index (χ0) is 13.1. The van der Waals surface area contributed by atoms with Crippen molar-refractivity contribution in [2.24, 2.45) is 0 Å². The summed E-state index contributed by atoms with van der Waals surface area (Å²) >= 11 is 2.10. The van der Waals surface area contributed by atoms with Gasteiger partial charge in [-0.25, -0.2) is 4.79 Å². The minimum Gasteiger partial charge on any atom is -0.477 e. The molecule has 1 aromatic rings. The van der Waals surface area contributed by atoms with Gasteiger partial charge in [0.25, 0.3) is 0 Å². The van der Waals surface area contributed by atoms with Crippen molar-refractivity contribution in [1.82, 2.24) is 4.57 Å². The Morgan fingerprint density at radius 2 is 2.18 bits per heavy atom. The van der Waals surface area contributed by atoms with Crippen molar-refractivity contribution in [2.45, 2.75) is 32.4 Å². The van der Waals surface area contributed by atoms with E-state index in [0.717, 1.165) is 9.61 Å². The molecule has 0 amide bonds. The first-order valence-corrected chi connectivity index (χ1v) is 10.2. The Balaban J connectivity index is 2.49. The number of aromatic carboxylic acids is 1. The quantitative estimate of drug-likeness (QED) is 0.478. The molecule has 17 heavy (non-hydrogen) atoms. The predicted molar refractivity (Wildman–Crippen MR) is 78.2 cm³/mol. The minimum atomic E-state index is -1.08. The van der Waals surface area contributed by atoms with Gasteiger partial charge in [0.15, 0.2) is 0 Å². The van der Waals surface area contributed by atoms with E-state index >= 15 is 0 Å². The predicted octanol–water partition coefficient (Wildman–Crippen LogP) is 3.10. The summed E-state index contributed by atoms with van der Waals surface area (Å²) in [6.07, 6.45) is 1.79. The number of carboxylic acid groups (broad SMARTS) is 1. The fourth-order valence-corrected chi connectivity index (χ4v) is 2.69. The molecule has 1 aromatic heterocycles. The molecule has 1 N–H and O–H groups in total. The Hall–Kier alpha value is -0.343. The van der Waals surface area contributed by atoms with Crippen LogP contribution in [0.25, 0.3) is 0 Å². The average Bonchev–Trinajstić information content (AvgIpc) is 2.53. The molecule has 96 valence electrons. The van der Waals surface area contributed by atoms with Gasteiger partial charge < -0.3 is 14.4 Å². The number of hydrogen-bond acceptors (Lipinski definition) is 2. The summed E-state index contributed by atoms with van der Waals surface area (Å²) in [5.74, 6) is -0.915. The number of nitrogens with zero attached hydrogens (tertiary/aromatic N) is 1. The number of aromatic nitrogens is 1. The van der Waals surface area contributed by atoms with Crippen molar-refractivity contribution >= 4 is 36.6 Å². The third-order valence-electron chi connectivity index (χ3n) is 2.31. The van der Waals surface area contributed by atoms with Crippen LogP contribution in [0, 0.1) is 3.57 Å². The summed E-state index contributed by atoms with van der Waals surface area (Å²) in [4.78, 5) is 11.0. The maximum atomic E-state index is 11.0. The van der Waals surface area contributed by atoms with Gasteiger partial charge in [0.1, 0.15) is 12.4 Å². The van der Waals surface area contributed by atoms with E-state index in [-0.39, 0.29) is 5.69 Å². The first-order valence-electron chi connectivity index (χ1n) is 5.46. The molecule has 0 fully saturated rings. The topological polar surface area (TPSA) is 51.5 Å². The highest BCUT2D eigenvalue weighted by molar-refractivity contribution is 14.1. The molecule has 0 aliphatic rings. The van der Waals surface area contributed by atoms with E-state index in [9.17, 15) is 4.79 Å². The van der Waals surface area contributed by atoms with Crippen LogP contribution in [-0.2, 0) is 11.5 Å². The first-order chi connectivity index (χ1) is 7.79. The lowest BCUT2D eigenvalue weighted by Crippen LogP contribution is -2.22. The van der Waals surface area contributed by atoms with E-state index in [4.69, 9.17) is 9.84 Å². The van der Waals surface area contributed by atoms with E-state index < -0.39 is 14.0 Å². The third kappa shape index (κ3) is 5.22. The Bertz CT molecular complexity index is 398. The van der Waals surface area contributed by atoms with Crippen LogP contribution in [0.4, 0.5) is 0 Å². The SMILES string of the molecule is C[Si](C)(C)CCOCn1cc(I)cc1C(=O)O. The van der Waals surface area contributed by atoms with E-state index in [2.05, 4.69) is 42.2 Å². The number of hydrogen-bond donors (Lipinski definition) is 1. The number of ether oxygens (including phenoxy) is 1. The highest BCUT2D eigenvalue weighted by atomic mass is 127. The van der Waals surface area contributed by atoms with Crippen LogP contribution in [-0.4, -0.2) is 30.3 Å². The van der Waals surface area contributed by atoms with Crippen molar-refractivity contribution < 1.29 is 14.6 Å². The third-order valence-corrected chi connectivity index (χ3v) is 4.60. The van der Waals surface area contributed by atoms with Crippen LogP contribution in [0.5, 0.6) is 0 Å². The number of carbonyl (C=O) groups is 1. The molecule has 0 aromatic carbocycles. The van der Waals surface area contributed by atoms with Crippen LogP contribution in [0.2, 0.25) is 25.7 Å². The summed E-state index contributed by atoms with van der Waals surface area (Å²) in [5.41, 5.74) is 0.280. The zero-order valence-electron chi connectivity index (χ0n) is 10.4. The second-order valence-corrected chi connectivity index (χ2v) is 12.0. The Morgan fingerprint density at radius 1 is 1.53 bits per heavy atom. The largest absolute Gasteiger partial charge is 0.477 e. The van der Waals surface area contributed by atoms with Crippen LogP contribution in [0.15, 0.2) is 12.3 Å². The summed E-state index contributed by atoms with van der Waals surface area (Å²) in [6.45, 7) is 7.88. The lowest BCUT2D eigenvalue weighted by molar-refractivity contribution is 0.0623. The Kier molecular flexibility index (Phi) is 5.20. The van der Waals surface area contributed by atoms with E-state index in [1.54, 1.807) is 16.8 Å². The molecule has 0 radical (unpaired) electrons. The normalized spacial score (nSPS) is 11.8. The Labute approximate surface area is 116 Å². The van der Waals surface area contributed by atoms with Gasteiger partial charge in [-0.15, -0.1) is 0 Å². The molecule has 4 nitrogen and oxygen atoms in total. The van der Waals surface area contributed by atoms with Crippen molar-refractivity contribution in [3.63, 3.8) is 0 Å². The highest BCUT2D eigenvalue weighted by Gasteiger charge is 2.14. The average molecular weight is 367 g/mol. The van der Waals surface area contributed by atoms with E-state index in [1.807, 2.05) is 0 Å². The highest BCUT2D eigenvalue weighted by Crippen LogP contribution is 2.12. The molecule has 0 aliphatic carbocycles. The van der Waals surface area contributed by atoms with Crippen LogP contribution in [0.1, 0.15) is 10.5 Å². The lowest BCUT2D eigenvalue weighted by Gasteiger charge is -2.15. The molecule has 1 heterocycles. The molecule has 0 spiro atoms. The minimum absolute atomic E-state index is 0.280. The lowest BCUT2D eigenvalue weighted by atomic mass is 10.4. The summed E-state index contributed by atoms with van der Waals surface area (Å²) in [5, 5.41) is 8.99. The molecular formula is C11H18INO3Si. The summed E-state index contributed by atoms with van der Waals surface area (Å²) in [6, 6.07) is 2.73. The van der Waals surface area contributed by atoms with Crippen molar-refractivity contribution in [2.75, 3.05) is 6.61 Å². The first kappa shape index (κ1) is 14.7. The summed E-state index contributed by atoms with van der Waals surface area (Å²) < 4.78 is 8.08. The van der Waals surface area contributed by atoms with Gasteiger partial charge in [0.05, 0.1) is 0 Å². The monoisotopic (exact) mass is 367 g/mol. The van der Waals surface area contributed by atoms with Crippen molar-refractivity contribution in [3.05, 3.63) is 21.5 Å². The van der Waals surface area contributed by atoms with Gasteiger partial charge in [-0.05, 0) is 34.7 Å². The van der Waals surface area contributed by atoms with Gasteiger partial charge >= 0.3 is 5.97 Å². The standard InChI is InChI=1S/C11H18INO3Si/c1-17(2,3)5-4-16-8-13-7-9(12)6-10(13)11(14)15/h6-7H,4-5,8H2,1-3H3,(H,14,15). The molecular weight excluding hydrogens is 349 g/mol. The van der Waals surface area contributed by atoms with Gasteiger partial charge in [-0.1, -0.05) is 19.6 Å². The molecule has 0 saturated heterocycles. The second-order valence-electron chi connectivity index (χ2n) is 5.17. The van der Waals surface area contributed by atoms with Crippen LogP contribution in [0.3, 0.4) is 0 Å². The fraction of sp³-hybridized carbons (Fsp3) is 0.545. The smallest absolute Gasteiger partial charge is 0.352 e. The number of halogens is 1. The molecule has 0 saturated carbocycles. The van der Waals surface area contributed by atoms with Crippen LogP contribution >= 0.6 is 22.6 Å². The zero-order valence-corrected chi connectivity index (χ0v) is 13.5. The molecule has 1 rings (SSSR count). The Morgan fingerprint density at radius 3 is 2.71 bits per heavy atom. The number of rotatable bonds is 6. The molecule has 0 aliphatic heterocycles. The van der Waals surface area contributed by atoms with Crippen molar-refractivity contribution in [1.29, 1.82) is 0 Å². The van der Waals surface area contributed by atoms with Crippen molar-refractivity contribution in [3.8, 4) is 0 Å². The van der Waals surface area contributed by atoms with Gasteiger partial charge in [-0.2, -0.15) is 0 Å². The van der Waals surface area contributed by atoms with E-state index in [0.29, 0.717) is 13.3 Å². The maximum absolute atomic E-state index is 11.0. The molecule has 6 heteroatoms. The van der Waals surface area contributed by atoms with Gasteiger partial charge in [0, 0.05) is 24.4 Å². The van der Waals surface area contributed by atoms with Gasteiger partial charge in [0.2, 0.25) is 0 Å². The fourth-order valence-electron chi connectivity index (χ4n) is 1.30.